The van der Waals surface area contributed by atoms with E-state index >= 15 is 0 Å². The second-order valence-corrected chi connectivity index (χ2v) is 4.45. The summed E-state index contributed by atoms with van der Waals surface area (Å²) in [5, 5.41) is 10.8. The Kier molecular flexibility index (Phi) is 4.82. The second-order valence-electron chi connectivity index (χ2n) is 4.45. The number of nitrogens with one attached hydrogen (secondary N) is 1. The molecule has 104 valence electrons. The summed E-state index contributed by atoms with van der Waals surface area (Å²) in [6.45, 7) is 5.17. The summed E-state index contributed by atoms with van der Waals surface area (Å²) in [6, 6.07) is 4.48. The minimum Gasteiger partial charge on any atom is -0.480 e. The first-order valence-corrected chi connectivity index (χ1v) is 5.79. The number of carbonyl (C=O) groups excluding carboxylic acids is 1. The lowest BCUT2D eigenvalue weighted by Crippen LogP contribution is -2.44. The Morgan fingerprint density at radius 3 is 2.58 bits per heavy atom. The van der Waals surface area contributed by atoms with E-state index in [0.717, 1.165) is 0 Å². The monoisotopic (exact) mass is 267 g/mol. The zero-order valence-corrected chi connectivity index (χ0v) is 11.0. The molecule has 1 unspecified atom stereocenters. The fourth-order valence-corrected chi connectivity index (χ4v) is 1.64. The summed E-state index contributed by atoms with van der Waals surface area (Å²) >= 11 is 0. The quantitative estimate of drug-likeness (QED) is 0.362. The third-order valence-corrected chi connectivity index (χ3v) is 2.71. The van der Waals surface area contributed by atoms with Gasteiger partial charge >= 0.3 is 0 Å². The van der Waals surface area contributed by atoms with Crippen LogP contribution in [0.4, 0.5) is 5.69 Å². The normalized spacial score (nSPS) is 12.1. The van der Waals surface area contributed by atoms with Gasteiger partial charge in [-0.2, -0.15) is 0 Å². The molecule has 19 heavy (non-hydrogen) atoms. The first-order chi connectivity index (χ1) is 8.88. The van der Waals surface area contributed by atoms with Gasteiger partial charge in [-0.05, 0) is 18.9 Å². The van der Waals surface area contributed by atoms with E-state index in [-0.39, 0.29) is 11.6 Å². The van der Waals surface area contributed by atoms with Gasteiger partial charge < -0.3 is 4.74 Å². The highest BCUT2D eigenvalue weighted by Crippen LogP contribution is 2.28. The van der Waals surface area contributed by atoms with Crippen LogP contribution in [0.25, 0.3) is 0 Å². The molecule has 1 aromatic rings. The summed E-state index contributed by atoms with van der Waals surface area (Å²) in [5.41, 5.74) is 2.36. The number of nitro groups is 1. The predicted molar refractivity (Wildman–Crippen MR) is 69.4 cm³/mol. The standard InChI is InChI=1S/C12H17N3O4/c1-7(2)11(12(16)14-13)19-10-6-4-5-9(8(10)3)15(17)18/h4-7,11H,13H2,1-3H3,(H,14,16). The summed E-state index contributed by atoms with van der Waals surface area (Å²) < 4.78 is 5.55. The molecular formula is C12H17N3O4. The SMILES string of the molecule is Cc1c(OC(C(=O)NN)C(C)C)cccc1[N+](=O)[O-]. The molecule has 0 radical (unpaired) electrons. The smallest absolute Gasteiger partial charge is 0.276 e. The maximum atomic E-state index is 11.6. The van der Waals surface area contributed by atoms with Crippen LogP contribution in [-0.4, -0.2) is 16.9 Å². The number of rotatable bonds is 5. The summed E-state index contributed by atoms with van der Waals surface area (Å²) in [5.74, 6) is 4.80. The maximum Gasteiger partial charge on any atom is 0.276 e. The third kappa shape index (κ3) is 3.41. The summed E-state index contributed by atoms with van der Waals surface area (Å²) in [7, 11) is 0. The fraction of sp³-hybridized carbons (Fsp3) is 0.417. The van der Waals surface area contributed by atoms with Gasteiger partial charge in [-0.1, -0.05) is 19.9 Å². The lowest BCUT2D eigenvalue weighted by Gasteiger charge is -2.21. The number of nitrogens with zero attached hydrogens (tertiary/aromatic N) is 1. The number of ether oxygens (including phenoxy) is 1. The van der Waals surface area contributed by atoms with Crippen LogP contribution in [0.5, 0.6) is 5.75 Å². The van der Waals surface area contributed by atoms with Gasteiger partial charge in [0.2, 0.25) is 0 Å². The molecule has 1 atom stereocenters. The molecule has 7 nitrogen and oxygen atoms in total. The number of benzene rings is 1. The van der Waals surface area contributed by atoms with Gasteiger partial charge in [0.05, 0.1) is 10.5 Å². The van der Waals surface area contributed by atoms with Gasteiger partial charge in [-0.3, -0.25) is 20.3 Å². The molecule has 3 N–H and O–H groups in total. The fourth-order valence-electron chi connectivity index (χ4n) is 1.64. The molecule has 0 heterocycles. The van der Waals surface area contributed by atoms with E-state index in [1.807, 2.05) is 5.43 Å². The number of nitrogens with two attached hydrogens (primary N) is 1. The Balaban J connectivity index is 3.07. The summed E-state index contributed by atoms with van der Waals surface area (Å²) in [6.07, 6.45) is -0.800. The minimum atomic E-state index is -0.800. The van der Waals surface area contributed by atoms with Gasteiger partial charge in [0.1, 0.15) is 5.75 Å². The largest absolute Gasteiger partial charge is 0.480 e. The molecule has 1 aromatic carbocycles. The van der Waals surface area contributed by atoms with E-state index in [2.05, 4.69) is 0 Å². The number of carbonyl (C=O) groups is 1. The minimum absolute atomic E-state index is 0.0480. The topological polar surface area (TPSA) is 107 Å². The van der Waals surface area contributed by atoms with Crippen molar-refractivity contribution in [2.45, 2.75) is 26.9 Å². The Labute approximate surface area is 110 Å². The molecule has 0 saturated heterocycles. The van der Waals surface area contributed by atoms with Gasteiger partial charge in [0, 0.05) is 6.07 Å². The van der Waals surface area contributed by atoms with Crippen molar-refractivity contribution in [3.8, 4) is 5.75 Å². The lowest BCUT2D eigenvalue weighted by molar-refractivity contribution is -0.385. The van der Waals surface area contributed by atoms with Crippen molar-refractivity contribution >= 4 is 11.6 Å². The third-order valence-electron chi connectivity index (χ3n) is 2.71. The van der Waals surface area contributed by atoms with Crippen molar-refractivity contribution in [1.82, 2.24) is 5.43 Å². The molecule has 7 heteroatoms. The Morgan fingerprint density at radius 1 is 1.47 bits per heavy atom. The molecule has 0 spiro atoms. The Morgan fingerprint density at radius 2 is 2.11 bits per heavy atom. The van der Waals surface area contributed by atoms with Crippen molar-refractivity contribution in [3.05, 3.63) is 33.9 Å². The molecule has 0 aliphatic rings. The molecule has 1 amide bonds. The van der Waals surface area contributed by atoms with E-state index in [4.69, 9.17) is 10.6 Å². The first kappa shape index (κ1) is 14.9. The van der Waals surface area contributed by atoms with E-state index in [9.17, 15) is 14.9 Å². The van der Waals surface area contributed by atoms with Gasteiger partial charge in [0.15, 0.2) is 6.10 Å². The highest BCUT2D eigenvalue weighted by Gasteiger charge is 2.25. The molecule has 0 aromatic heterocycles. The first-order valence-electron chi connectivity index (χ1n) is 5.79. The molecule has 0 bridgehead atoms. The average molecular weight is 267 g/mol. The van der Waals surface area contributed by atoms with Crippen LogP contribution in [0.15, 0.2) is 18.2 Å². The predicted octanol–water partition coefficient (Wildman–Crippen LogP) is 1.30. The van der Waals surface area contributed by atoms with Gasteiger partial charge in [-0.15, -0.1) is 0 Å². The highest BCUT2D eigenvalue weighted by molar-refractivity contribution is 5.80. The van der Waals surface area contributed by atoms with E-state index in [1.165, 1.54) is 12.1 Å². The van der Waals surface area contributed by atoms with Gasteiger partial charge in [0.25, 0.3) is 11.6 Å². The number of hydrazine groups is 1. The van der Waals surface area contributed by atoms with Crippen LogP contribution in [-0.2, 0) is 4.79 Å². The van der Waals surface area contributed by atoms with Crippen LogP contribution >= 0.6 is 0 Å². The van der Waals surface area contributed by atoms with Crippen molar-refractivity contribution in [2.75, 3.05) is 0 Å². The molecule has 0 saturated carbocycles. The van der Waals surface area contributed by atoms with Crippen LogP contribution in [0, 0.1) is 23.0 Å². The van der Waals surface area contributed by atoms with E-state index in [1.54, 1.807) is 26.8 Å². The van der Waals surface area contributed by atoms with Crippen molar-refractivity contribution < 1.29 is 14.5 Å². The van der Waals surface area contributed by atoms with Crippen LogP contribution < -0.4 is 16.0 Å². The van der Waals surface area contributed by atoms with E-state index in [0.29, 0.717) is 11.3 Å². The number of hydrogen-bond acceptors (Lipinski definition) is 5. The Hall–Kier alpha value is -2.15. The van der Waals surface area contributed by atoms with Crippen LogP contribution in [0.3, 0.4) is 0 Å². The second kappa shape index (κ2) is 6.14. The maximum absolute atomic E-state index is 11.6. The molecule has 0 aliphatic heterocycles. The average Bonchev–Trinajstić information content (AvgIpc) is 2.35. The zero-order valence-electron chi connectivity index (χ0n) is 11.0. The van der Waals surface area contributed by atoms with Crippen molar-refractivity contribution in [1.29, 1.82) is 0 Å². The molecule has 1 rings (SSSR count). The number of hydrogen-bond donors (Lipinski definition) is 2. The molecular weight excluding hydrogens is 250 g/mol. The molecule has 0 aliphatic carbocycles. The Bertz CT molecular complexity index is 488. The lowest BCUT2D eigenvalue weighted by atomic mass is 10.1. The van der Waals surface area contributed by atoms with Crippen molar-refractivity contribution in [2.24, 2.45) is 11.8 Å². The zero-order chi connectivity index (χ0) is 14.6. The highest BCUT2D eigenvalue weighted by atomic mass is 16.6. The molecule has 0 fully saturated rings. The van der Waals surface area contributed by atoms with Crippen LogP contribution in [0.1, 0.15) is 19.4 Å². The number of amides is 1. The van der Waals surface area contributed by atoms with Crippen molar-refractivity contribution in [3.63, 3.8) is 0 Å². The number of nitro benzene ring substituents is 1. The van der Waals surface area contributed by atoms with E-state index < -0.39 is 16.9 Å². The summed E-state index contributed by atoms with van der Waals surface area (Å²) in [4.78, 5) is 21.9. The van der Waals surface area contributed by atoms with Gasteiger partial charge in [-0.25, -0.2) is 5.84 Å². The van der Waals surface area contributed by atoms with Crippen LogP contribution in [0.2, 0.25) is 0 Å².